The lowest BCUT2D eigenvalue weighted by Gasteiger charge is -2.16. The van der Waals surface area contributed by atoms with Crippen LogP contribution in [0.2, 0.25) is 0 Å². The number of nitrogens with zero attached hydrogens (tertiary/aromatic N) is 2. The van der Waals surface area contributed by atoms with Gasteiger partial charge in [0.2, 0.25) is 5.91 Å². The molecule has 0 saturated heterocycles. The summed E-state index contributed by atoms with van der Waals surface area (Å²) in [6.45, 7) is 7.66. The summed E-state index contributed by atoms with van der Waals surface area (Å²) in [5.41, 5.74) is 0.952. The predicted molar refractivity (Wildman–Crippen MR) is 68.8 cm³/mol. The average molecular weight is 255 g/mol. The number of oxime groups is 1. The van der Waals surface area contributed by atoms with E-state index in [0.717, 1.165) is 0 Å². The van der Waals surface area contributed by atoms with Crippen LogP contribution in [0.25, 0.3) is 0 Å². The van der Waals surface area contributed by atoms with E-state index in [-0.39, 0.29) is 11.3 Å². The molecule has 0 atom stereocenters. The van der Waals surface area contributed by atoms with Crippen LogP contribution in [0.1, 0.15) is 39.8 Å². The van der Waals surface area contributed by atoms with Gasteiger partial charge in [-0.25, -0.2) is 4.98 Å². The molecule has 94 valence electrons. The summed E-state index contributed by atoms with van der Waals surface area (Å²) in [4.78, 5) is 15.8. The van der Waals surface area contributed by atoms with Gasteiger partial charge in [-0.05, 0) is 12.3 Å². The van der Waals surface area contributed by atoms with E-state index in [0.29, 0.717) is 23.0 Å². The van der Waals surface area contributed by atoms with Gasteiger partial charge in [-0.3, -0.25) is 4.79 Å². The smallest absolute Gasteiger partial charge is 0.226 e. The first-order valence-electron chi connectivity index (χ1n) is 5.26. The van der Waals surface area contributed by atoms with Crippen molar-refractivity contribution in [2.45, 2.75) is 34.1 Å². The lowest BCUT2D eigenvalue weighted by molar-refractivity contribution is -0.117. The summed E-state index contributed by atoms with van der Waals surface area (Å²) in [5.74, 6) is -0.0583. The van der Waals surface area contributed by atoms with E-state index in [2.05, 4.69) is 15.5 Å². The first-order chi connectivity index (χ1) is 7.81. The number of amides is 1. The van der Waals surface area contributed by atoms with Gasteiger partial charge in [0.1, 0.15) is 11.4 Å². The summed E-state index contributed by atoms with van der Waals surface area (Å²) < 4.78 is 0. The van der Waals surface area contributed by atoms with Crippen LogP contribution in [0.15, 0.2) is 10.5 Å². The van der Waals surface area contributed by atoms with Crippen LogP contribution in [-0.2, 0) is 4.79 Å². The third kappa shape index (κ3) is 4.52. The van der Waals surface area contributed by atoms with E-state index < -0.39 is 0 Å². The van der Waals surface area contributed by atoms with Gasteiger partial charge in [-0.15, -0.1) is 11.3 Å². The number of rotatable bonds is 3. The van der Waals surface area contributed by atoms with E-state index in [1.165, 1.54) is 11.3 Å². The van der Waals surface area contributed by atoms with Crippen LogP contribution >= 0.6 is 11.3 Å². The van der Waals surface area contributed by atoms with Crippen molar-refractivity contribution in [3.8, 4) is 0 Å². The molecular weight excluding hydrogens is 238 g/mol. The fraction of sp³-hybridized carbons (Fsp3) is 0.545. The monoisotopic (exact) mass is 255 g/mol. The van der Waals surface area contributed by atoms with Crippen molar-refractivity contribution in [2.24, 2.45) is 10.6 Å². The molecule has 2 N–H and O–H groups in total. The first kappa shape index (κ1) is 13.6. The maximum atomic E-state index is 11.7. The highest BCUT2D eigenvalue weighted by Crippen LogP contribution is 2.21. The molecule has 0 aromatic carbocycles. The molecule has 17 heavy (non-hydrogen) atoms. The molecular formula is C11H17N3O2S. The molecule has 5 nitrogen and oxygen atoms in total. The van der Waals surface area contributed by atoms with Gasteiger partial charge < -0.3 is 10.5 Å². The fourth-order valence-corrected chi connectivity index (χ4v) is 1.96. The number of thiazole rings is 1. The van der Waals surface area contributed by atoms with Gasteiger partial charge in [0.25, 0.3) is 0 Å². The largest absolute Gasteiger partial charge is 0.411 e. The molecule has 1 aromatic heterocycles. The maximum absolute atomic E-state index is 11.7. The SMILES string of the molecule is CC(=NO)c1csc(NC(=O)CC(C)(C)C)n1. The molecule has 0 spiro atoms. The summed E-state index contributed by atoms with van der Waals surface area (Å²) >= 11 is 1.31. The number of carbonyl (C=O) groups is 1. The molecule has 6 heteroatoms. The number of nitrogens with one attached hydrogen (secondary N) is 1. The normalized spacial score (nSPS) is 12.6. The van der Waals surface area contributed by atoms with Crippen LogP contribution < -0.4 is 5.32 Å². The maximum Gasteiger partial charge on any atom is 0.226 e. The van der Waals surface area contributed by atoms with E-state index in [4.69, 9.17) is 5.21 Å². The second-order valence-electron chi connectivity index (χ2n) is 5.01. The van der Waals surface area contributed by atoms with Crippen molar-refractivity contribution in [3.63, 3.8) is 0 Å². The molecule has 0 fully saturated rings. The number of anilines is 1. The van der Waals surface area contributed by atoms with Crippen molar-refractivity contribution < 1.29 is 10.0 Å². The van der Waals surface area contributed by atoms with Crippen LogP contribution in [-0.4, -0.2) is 21.8 Å². The Labute approximate surface area is 105 Å². The van der Waals surface area contributed by atoms with Crippen molar-refractivity contribution in [1.82, 2.24) is 4.98 Å². The number of aromatic nitrogens is 1. The summed E-state index contributed by atoms with van der Waals surface area (Å²) in [6.07, 6.45) is 0.439. The van der Waals surface area contributed by atoms with Crippen molar-refractivity contribution in [1.29, 1.82) is 0 Å². The average Bonchev–Trinajstić information content (AvgIpc) is 2.62. The summed E-state index contributed by atoms with van der Waals surface area (Å²) in [6, 6.07) is 0. The zero-order valence-electron chi connectivity index (χ0n) is 10.4. The standard InChI is InChI=1S/C11H17N3O2S/c1-7(14-16)8-6-17-10(12-8)13-9(15)5-11(2,3)4/h6,16H,5H2,1-4H3,(H,12,13,15). The zero-order valence-corrected chi connectivity index (χ0v) is 11.3. The summed E-state index contributed by atoms with van der Waals surface area (Å²) in [7, 11) is 0. The number of hydrogen-bond donors (Lipinski definition) is 2. The minimum Gasteiger partial charge on any atom is -0.411 e. The molecule has 0 aliphatic heterocycles. The minimum atomic E-state index is -0.0583. The summed E-state index contributed by atoms with van der Waals surface area (Å²) in [5, 5.41) is 16.6. The Morgan fingerprint density at radius 3 is 2.76 bits per heavy atom. The van der Waals surface area contributed by atoms with E-state index in [1.54, 1.807) is 12.3 Å². The van der Waals surface area contributed by atoms with E-state index in [9.17, 15) is 4.79 Å². The van der Waals surface area contributed by atoms with Gasteiger partial charge in [-0.1, -0.05) is 25.9 Å². The van der Waals surface area contributed by atoms with Gasteiger partial charge in [-0.2, -0.15) is 0 Å². The Morgan fingerprint density at radius 2 is 2.24 bits per heavy atom. The molecule has 0 bridgehead atoms. The first-order valence-corrected chi connectivity index (χ1v) is 6.14. The van der Waals surface area contributed by atoms with Gasteiger partial charge in [0, 0.05) is 11.8 Å². The topological polar surface area (TPSA) is 74.6 Å². The predicted octanol–water partition coefficient (Wildman–Crippen LogP) is 2.72. The van der Waals surface area contributed by atoms with Crippen LogP contribution in [0, 0.1) is 5.41 Å². The molecule has 0 aliphatic carbocycles. The Bertz CT molecular complexity index is 432. The van der Waals surface area contributed by atoms with Crippen molar-refractivity contribution >= 4 is 28.1 Å². The Kier molecular flexibility index (Phi) is 4.22. The highest BCUT2D eigenvalue weighted by molar-refractivity contribution is 7.14. The molecule has 0 unspecified atom stereocenters. The Hall–Kier alpha value is -1.43. The van der Waals surface area contributed by atoms with Gasteiger partial charge in [0.15, 0.2) is 5.13 Å². The number of hydrogen-bond acceptors (Lipinski definition) is 5. The highest BCUT2D eigenvalue weighted by atomic mass is 32.1. The second-order valence-corrected chi connectivity index (χ2v) is 5.87. The molecule has 0 radical (unpaired) electrons. The Morgan fingerprint density at radius 1 is 1.59 bits per heavy atom. The number of carbonyl (C=O) groups excluding carboxylic acids is 1. The third-order valence-electron chi connectivity index (χ3n) is 1.96. The van der Waals surface area contributed by atoms with Crippen molar-refractivity contribution in [2.75, 3.05) is 5.32 Å². The molecule has 1 aromatic rings. The lowest BCUT2D eigenvalue weighted by atomic mass is 9.92. The van der Waals surface area contributed by atoms with Crippen LogP contribution in [0.4, 0.5) is 5.13 Å². The fourth-order valence-electron chi connectivity index (χ4n) is 1.19. The zero-order chi connectivity index (χ0) is 13.1. The van der Waals surface area contributed by atoms with Gasteiger partial charge >= 0.3 is 0 Å². The van der Waals surface area contributed by atoms with E-state index in [1.807, 2.05) is 20.8 Å². The quantitative estimate of drug-likeness (QED) is 0.495. The molecule has 1 rings (SSSR count). The lowest BCUT2D eigenvalue weighted by Crippen LogP contribution is -2.19. The molecule has 0 saturated carbocycles. The highest BCUT2D eigenvalue weighted by Gasteiger charge is 2.17. The van der Waals surface area contributed by atoms with Crippen LogP contribution in [0.5, 0.6) is 0 Å². The van der Waals surface area contributed by atoms with E-state index >= 15 is 0 Å². The van der Waals surface area contributed by atoms with Crippen molar-refractivity contribution in [3.05, 3.63) is 11.1 Å². The molecule has 1 heterocycles. The third-order valence-corrected chi connectivity index (χ3v) is 2.72. The minimum absolute atomic E-state index is 0.0490. The molecule has 0 aliphatic rings. The molecule has 1 amide bonds. The second kappa shape index (κ2) is 5.27. The van der Waals surface area contributed by atoms with Crippen LogP contribution in [0.3, 0.4) is 0 Å². The van der Waals surface area contributed by atoms with Gasteiger partial charge in [0.05, 0.1) is 0 Å². The Balaban J connectivity index is 2.64.